The van der Waals surface area contributed by atoms with E-state index < -0.39 is 0 Å². The van der Waals surface area contributed by atoms with Crippen LogP contribution in [0.5, 0.6) is 0 Å². The molecule has 7 heteroatoms. The number of nitrogens with zero attached hydrogens (tertiary/aromatic N) is 2. The highest BCUT2D eigenvalue weighted by Gasteiger charge is 2.21. The van der Waals surface area contributed by atoms with E-state index in [1.807, 2.05) is 19.1 Å². The minimum Gasteiger partial charge on any atom is -0.370 e. The second-order valence-corrected chi connectivity index (χ2v) is 7.06. The second-order valence-electron chi connectivity index (χ2n) is 6.21. The van der Waals surface area contributed by atoms with Gasteiger partial charge in [-0.15, -0.1) is 24.0 Å². The van der Waals surface area contributed by atoms with Gasteiger partial charge in [0.2, 0.25) is 0 Å². The van der Waals surface area contributed by atoms with Crippen LogP contribution < -0.4 is 11.1 Å². The van der Waals surface area contributed by atoms with Crippen molar-refractivity contribution in [3.63, 3.8) is 0 Å². The van der Waals surface area contributed by atoms with Crippen LogP contribution in [0.4, 0.5) is 0 Å². The van der Waals surface area contributed by atoms with Crippen molar-refractivity contribution < 1.29 is 0 Å². The Balaban J connectivity index is 0.00000288. The molecular weight excluding hydrogens is 458 g/mol. The molecule has 1 heterocycles. The molecule has 1 saturated heterocycles. The number of rotatable bonds is 6. The van der Waals surface area contributed by atoms with Crippen molar-refractivity contribution in [2.75, 3.05) is 26.2 Å². The molecule has 0 amide bonds. The molecule has 24 heavy (non-hydrogen) atoms. The fraction of sp³-hybridized carbons (Fsp3) is 0.588. The SMILES string of the molecule is CCCN1CCC(CN=C(N)NC(C)c2ccc(Cl)cc2Cl)C1.I. The fourth-order valence-electron chi connectivity index (χ4n) is 3.01. The van der Waals surface area contributed by atoms with Crippen molar-refractivity contribution in [1.29, 1.82) is 0 Å². The maximum atomic E-state index is 6.22. The highest BCUT2D eigenvalue weighted by molar-refractivity contribution is 14.0. The topological polar surface area (TPSA) is 53.6 Å². The summed E-state index contributed by atoms with van der Waals surface area (Å²) in [5, 5.41) is 4.47. The lowest BCUT2D eigenvalue weighted by atomic mass is 10.1. The molecule has 1 aliphatic heterocycles. The van der Waals surface area contributed by atoms with Crippen molar-refractivity contribution in [2.45, 2.75) is 32.7 Å². The summed E-state index contributed by atoms with van der Waals surface area (Å²) < 4.78 is 0. The highest BCUT2D eigenvalue weighted by Crippen LogP contribution is 2.26. The molecule has 0 bridgehead atoms. The number of hydrogen-bond acceptors (Lipinski definition) is 2. The normalized spacial score (nSPS) is 19.8. The molecule has 3 N–H and O–H groups in total. The molecule has 1 fully saturated rings. The van der Waals surface area contributed by atoms with Gasteiger partial charge in [0.1, 0.15) is 0 Å². The van der Waals surface area contributed by atoms with Crippen LogP contribution in [0.1, 0.15) is 38.3 Å². The Morgan fingerprint density at radius 3 is 2.88 bits per heavy atom. The van der Waals surface area contributed by atoms with Gasteiger partial charge in [0.05, 0.1) is 6.04 Å². The zero-order valence-electron chi connectivity index (χ0n) is 14.3. The van der Waals surface area contributed by atoms with Crippen molar-refractivity contribution >= 4 is 53.1 Å². The van der Waals surface area contributed by atoms with Crippen LogP contribution in [-0.4, -0.2) is 37.0 Å². The first kappa shape index (κ1) is 21.8. The molecule has 1 aromatic rings. The predicted octanol–water partition coefficient (Wildman–Crippen LogP) is 4.31. The molecule has 2 rings (SSSR count). The summed E-state index contributed by atoms with van der Waals surface area (Å²) in [7, 11) is 0. The van der Waals surface area contributed by atoms with Crippen LogP contribution in [0.15, 0.2) is 23.2 Å². The fourth-order valence-corrected chi connectivity index (χ4v) is 3.58. The van der Waals surface area contributed by atoms with E-state index in [-0.39, 0.29) is 30.0 Å². The summed E-state index contributed by atoms with van der Waals surface area (Å²) in [6, 6.07) is 5.47. The van der Waals surface area contributed by atoms with E-state index >= 15 is 0 Å². The molecule has 4 nitrogen and oxygen atoms in total. The van der Waals surface area contributed by atoms with Crippen LogP contribution in [0.3, 0.4) is 0 Å². The summed E-state index contributed by atoms with van der Waals surface area (Å²) in [5.74, 6) is 1.08. The highest BCUT2D eigenvalue weighted by atomic mass is 127. The zero-order valence-corrected chi connectivity index (χ0v) is 18.1. The number of aliphatic imine (C=N–C) groups is 1. The third kappa shape index (κ3) is 6.58. The number of halogens is 3. The molecule has 136 valence electrons. The van der Waals surface area contributed by atoms with Crippen LogP contribution in [0.2, 0.25) is 10.0 Å². The van der Waals surface area contributed by atoms with Gasteiger partial charge < -0.3 is 16.0 Å². The number of nitrogens with one attached hydrogen (secondary N) is 1. The Bertz CT molecular complexity index is 553. The summed E-state index contributed by atoms with van der Waals surface area (Å²) in [6.07, 6.45) is 2.41. The smallest absolute Gasteiger partial charge is 0.189 e. The maximum absolute atomic E-state index is 6.22. The molecular formula is C17H27Cl2IN4. The van der Waals surface area contributed by atoms with Gasteiger partial charge in [0, 0.05) is 23.1 Å². The van der Waals surface area contributed by atoms with Gasteiger partial charge in [0.15, 0.2) is 5.96 Å². The van der Waals surface area contributed by atoms with Crippen molar-refractivity contribution in [3.05, 3.63) is 33.8 Å². The van der Waals surface area contributed by atoms with Crippen LogP contribution in [0.25, 0.3) is 0 Å². The standard InChI is InChI=1S/C17H26Cl2N4.HI/c1-3-7-23-8-6-13(11-23)10-21-17(20)22-12(2)15-5-4-14(18)9-16(15)19;/h4-5,9,12-13H,3,6-8,10-11H2,1-2H3,(H3,20,21,22);1H. The van der Waals surface area contributed by atoms with Gasteiger partial charge in [-0.2, -0.15) is 0 Å². The number of nitrogens with two attached hydrogens (primary N) is 1. The van der Waals surface area contributed by atoms with Crippen molar-refractivity contribution in [3.8, 4) is 0 Å². The average molecular weight is 485 g/mol. The number of benzene rings is 1. The van der Waals surface area contributed by atoms with Crippen LogP contribution in [-0.2, 0) is 0 Å². The van der Waals surface area contributed by atoms with E-state index in [1.54, 1.807) is 6.07 Å². The predicted molar refractivity (Wildman–Crippen MR) is 115 cm³/mol. The van der Waals surface area contributed by atoms with E-state index in [0.29, 0.717) is 21.9 Å². The van der Waals surface area contributed by atoms with E-state index in [1.165, 1.54) is 25.9 Å². The largest absolute Gasteiger partial charge is 0.370 e. The summed E-state index contributed by atoms with van der Waals surface area (Å²) in [6.45, 7) is 8.49. The van der Waals surface area contributed by atoms with Gasteiger partial charge in [-0.3, -0.25) is 4.99 Å². The van der Waals surface area contributed by atoms with Crippen molar-refractivity contribution in [2.24, 2.45) is 16.6 Å². The quantitative estimate of drug-likeness (QED) is 0.359. The lowest BCUT2D eigenvalue weighted by Gasteiger charge is -2.17. The molecule has 0 saturated carbocycles. The maximum Gasteiger partial charge on any atom is 0.189 e. The molecule has 2 unspecified atom stereocenters. The molecule has 0 aromatic heterocycles. The summed E-state index contributed by atoms with van der Waals surface area (Å²) in [4.78, 5) is 7.00. The molecule has 0 aliphatic carbocycles. The van der Waals surface area contributed by atoms with Gasteiger partial charge >= 0.3 is 0 Å². The zero-order chi connectivity index (χ0) is 16.8. The minimum absolute atomic E-state index is 0. The average Bonchev–Trinajstić information content (AvgIpc) is 2.93. The monoisotopic (exact) mass is 484 g/mol. The lowest BCUT2D eigenvalue weighted by molar-refractivity contribution is 0.326. The molecule has 1 aromatic carbocycles. The Morgan fingerprint density at radius 1 is 1.46 bits per heavy atom. The minimum atomic E-state index is -0.0105. The Hall–Kier alpha value is -0.240. The third-order valence-electron chi connectivity index (χ3n) is 4.22. The van der Waals surface area contributed by atoms with E-state index in [9.17, 15) is 0 Å². The Kier molecular flexibility index (Phi) is 9.71. The molecule has 2 atom stereocenters. The van der Waals surface area contributed by atoms with Crippen LogP contribution in [0, 0.1) is 5.92 Å². The first-order valence-electron chi connectivity index (χ1n) is 8.23. The number of guanidine groups is 1. The summed E-state index contributed by atoms with van der Waals surface area (Å²) in [5.41, 5.74) is 6.98. The first-order chi connectivity index (χ1) is 11.0. The van der Waals surface area contributed by atoms with E-state index in [0.717, 1.165) is 18.7 Å². The molecule has 0 radical (unpaired) electrons. The van der Waals surface area contributed by atoms with Crippen LogP contribution >= 0.6 is 47.2 Å². The molecule has 1 aliphatic rings. The van der Waals surface area contributed by atoms with Gasteiger partial charge in [0.25, 0.3) is 0 Å². The van der Waals surface area contributed by atoms with Gasteiger partial charge in [-0.1, -0.05) is 36.2 Å². The Labute approximate surface area is 172 Å². The van der Waals surface area contributed by atoms with E-state index in [2.05, 4.69) is 22.1 Å². The second kappa shape index (κ2) is 10.7. The third-order valence-corrected chi connectivity index (χ3v) is 4.79. The van der Waals surface area contributed by atoms with Gasteiger partial charge in [-0.25, -0.2) is 0 Å². The van der Waals surface area contributed by atoms with Gasteiger partial charge in [-0.05, 0) is 56.5 Å². The Morgan fingerprint density at radius 2 is 2.21 bits per heavy atom. The van der Waals surface area contributed by atoms with E-state index in [4.69, 9.17) is 28.9 Å². The first-order valence-corrected chi connectivity index (χ1v) is 8.99. The number of likely N-dealkylation sites (tertiary alicyclic amines) is 1. The molecule has 0 spiro atoms. The van der Waals surface area contributed by atoms with Crippen molar-refractivity contribution in [1.82, 2.24) is 10.2 Å². The number of hydrogen-bond donors (Lipinski definition) is 2. The lowest BCUT2D eigenvalue weighted by Crippen LogP contribution is -2.34. The summed E-state index contributed by atoms with van der Waals surface area (Å²) >= 11 is 12.2.